The van der Waals surface area contributed by atoms with E-state index in [-0.39, 0.29) is 6.71 Å². The van der Waals surface area contributed by atoms with Gasteiger partial charge in [-0.15, -0.1) is 11.3 Å². The van der Waals surface area contributed by atoms with Crippen molar-refractivity contribution in [3.05, 3.63) is 400 Å². The second kappa shape index (κ2) is 25.9. The van der Waals surface area contributed by atoms with Gasteiger partial charge in [-0.1, -0.05) is 267 Å². The van der Waals surface area contributed by atoms with E-state index in [9.17, 15) is 0 Å². The largest absolute Gasteiger partial charge is 0.456 e. The fourth-order valence-corrected chi connectivity index (χ4v) is 20.2. The fraction of sp³-hybridized carbons (Fsp3) is 0. The molecule has 18 aromatic carbocycles. The Morgan fingerprint density at radius 3 is 1.15 bits per heavy atom. The predicted molar refractivity (Wildman–Crippen MR) is 486 cm³/mol. The molecule has 2 aliphatic rings. The van der Waals surface area contributed by atoms with Crippen LogP contribution in [0.1, 0.15) is 0 Å². The first kappa shape index (κ1) is 65.0. The maximum Gasteiger partial charge on any atom is 0.252 e. The summed E-state index contributed by atoms with van der Waals surface area (Å²) in [6, 6.07) is 148. The Bertz CT molecular complexity index is 7550. The molecule has 0 spiro atoms. The molecule has 0 amide bonds. The minimum atomic E-state index is -0.331. The van der Waals surface area contributed by atoms with Crippen LogP contribution in [0.15, 0.2) is 409 Å². The van der Waals surface area contributed by atoms with Crippen LogP contribution in [-0.4, -0.2) is 11.3 Å². The van der Waals surface area contributed by atoms with E-state index in [0.717, 1.165) is 184 Å². The third kappa shape index (κ3) is 10.3. The highest BCUT2D eigenvalue weighted by Gasteiger charge is 2.47. The quantitative estimate of drug-likeness (QED) is 0.121. The van der Waals surface area contributed by atoms with Crippen LogP contribution < -0.4 is 26.2 Å². The second-order valence-electron chi connectivity index (χ2n) is 30.5. The molecule has 0 N–H and O–H groups in total. The molecule has 534 valence electrons. The van der Waals surface area contributed by atoms with Gasteiger partial charge in [0.1, 0.15) is 22.3 Å². The molecule has 0 unspecified atom stereocenters. The SMILES string of the molecule is c1ccc(-c2cc(-c3ccccc3)cc(-c3ccc4oc5cccc(N6c7ccc(-n8c9ccccc9c9ccccc98)cc7B7c8cc(-c9ccccc9)c(-c9ccccc9)cc8N(c8cccc9oc%10ccc(-c%11cc(-c%12ccccc%12)cc(-c%12ccccc%12)c%11)cc%10c89)c8c7c6cc6c8sc7ccccc76)c5c4c3)c2)cc1. The van der Waals surface area contributed by atoms with Gasteiger partial charge in [0.15, 0.2) is 0 Å². The summed E-state index contributed by atoms with van der Waals surface area (Å²) in [5.74, 6) is 0. The molecule has 2 aliphatic heterocycles. The van der Waals surface area contributed by atoms with E-state index < -0.39 is 0 Å². The Morgan fingerprint density at radius 2 is 0.652 bits per heavy atom. The normalized spacial score (nSPS) is 12.5. The van der Waals surface area contributed by atoms with Crippen LogP contribution in [0.5, 0.6) is 0 Å². The van der Waals surface area contributed by atoms with E-state index in [1.807, 2.05) is 11.3 Å². The molecule has 7 heteroatoms. The number of rotatable bonds is 11. The van der Waals surface area contributed by atoms with Crippen LogP contribution in [0.3, 0.4) is 0 Å². The minimum Gasteiger partial charge on any atom is -0.456 e. The number of thiophene rings is 1. The first-order chi connectivity index (χ1) is 57.0. The number of anilines is 6. The highest BCUT2D eigenvalue weighted by molar-refractivity contribution is 7.26. The average molecular weight is 1480 g/mol. The smallest absolute Gasteiger partial charge is 0.252 e. The van der Waals surface area contributed by atoms with Crippen LogP contribution in [0, 0.1) is 0 Å². The van der Waals surface area contributed by atoms with Gasteiger partial charge in [0.25, 0.3) is 6.71 Å². The molecule has 0 atom stereocenters. The standard InChI is InChI=1S/C108H66BN3O2S/c1-7-27-67(28-8-1)75-55-76(68-29-9-2-10-30-68)58-79(57-75)73-49-53-99-88(61-73)104-95(44-25-46-101(104)113-99)111-94-52-51-81(110-92-42-22-19-39-82(92)83-40-20-23-43-93(83)110)63-90(94)109-91-64-85(71-35-15-5-16-36-71)86(72-37-17-6-18-38-72)65-97(91)112(107-106(109)98(111)66-87-84-41-21-24-48-103(84)115-108(87)107)96-45-26-47-102-105(96)89-62-74(50-54-100(89)114-102)80-59-77(69-31-11-3-12-32-69)56-78(60-80)70-33-13-4-14-34-70/h1-66H. The van der Waals surface area contributed by atoms with Crippen LogP contribution in [0.4, 0.5) is 34.1 Å². The summed E-state index contributed by atoms with van der Waals surface area (Å²) < 4.78 is 19.4. The van der Waals surface area contributed by atoms with Crippen molar-refractivity contribution < 1.29 is 8.83 Å². The Kier molecular flexibility index (Phi) is 14.7. The second-order valence-corrected chi connectivity index (χ2v) is 31.6. The molecule has 22 aromatic rings. The van der Waals surface area contributed by atoms with Gasteiger partial charge in [0, 0.05) is 59.8 Å². The summed E-state index contributed by atoms with van der Waals surface area (Å²) in [5.41, 5.74) is 34.9. The average Bonchev–Trinajstić information content (AvgIpc) is 1.66. The van der Waals surface area contributed by atoms with Gasteiger partial charge < -0.3 is 23.2 Å². The van der Waals surface area contributed by atoms with E-state index >= 15 is 0 Å². The Labute approximate surface area is 668 Å². The Balaban J connectivity index is 0.817. The number of nitrogens with zero attached hydrogens (tertiary/aromatic N) is 3. The molecule has 0 saturated heterocycles. The summed E-state index contributed by atoms with van der Waals surface area (Å²) in [6.45, 7) is -0.331. The van der Waals surface area contributed by atoms with Crippen LogP contribution >= 0.6 is 11.3 Å². The van der Waals surface area contributed by atoms with Crippen molar-refractivity contribution in [1.82, 2.24) is 4.57 Å². The van der Waals surface area contributed by atoms with Crippen LogP contribution in [0.25, 0.3) is 181 Å². The van der Waals surface area contributed by atoms with Crippen molar-refractivity contribution in [3.63, 3.8) is 0 Å². The highest BCUT2D eigenvalue weighted by Crippen LogP contribution is 2.56. The van der Waals surface area contributed by atoms with Gasteiger partial charge >= 0.3 is 0 Å². The minimum absolute atomic E-state index is 0.331. The topological polar surface area (TPSA) is 37.7 Å². The molecule has 0 bridgehead atoms. The van der Waals surface area contributed by atoms with Gasteiger partial charge in [-0.05, 0) is 239 Å². The lowest BCUT2D eigenvalue weighted by molar-refractivity contribution is 0.668. The molecule has 24 rings (SSSR count). The summed E-state index contributed by atoms with van der Waals surface area (Å²) >= 11 is 1.89. The maximum absolute atomic E-state index is 7.26. The van der Waals surface area contributed by atoms with E-state index in [1.165, 1.54) is 47.3 Å². The lowest BCUT2D eigenvalue weighted by atomic mass is 9.33. The number of aromatic nitrogens is 1. The monoisotopic (exact) mass is 1480 g/mol. The first-order valence-electron chi connectivity index (χ1n) is 39.4. The van der Waals surface area contributed by atoms with Gasteiger partial charge in [-0.25, -0.2) is 0 Å². The van der Waals surface area contributed by atoms with Crippen molar-refractivity contribution in [2.24, 2.45) is 0 Å². The van der Waals surface area contributed by atoms with Crippen molar-refractivity contribution >= 4 is 154 Å². The van der Waals surface area contributed by atoms with E-state index in [2.05, 4.69) is 415 Å². The Morgan fingerprint density at radius 1 is 0.235 bits per heavy atom. The molecule has 115 heavy (non-hydrogen) atoms. The molecule has 0 fully saturated rings. The molecule has 0 saturated carbocycles. The molecular formula is C108H66BN3O2S. The lowest BCUT2D eigenvalue weighted by Gasteiger charge is -2.45. The Hall–Kier alpha value is -14.8. The van der Waals surface area contributed by atoms with E-state index in [1.54, 1.807) is 0 Å². The van der Waals surface area contributed by atoms with Gasteiger partial charge in [0.05, 0.1) is 43.6 Å². The summed E-state index contributed by atoms with van der Waals surface area (Å²) in [5, 5.41) is 8.93. The van der Waals surface area contributed by atoms with E-state index in [4.69, 9.17) is 8.83 Å². The molecular weight excluding hydrogens is 1410 g/mol. The summed E-state index contributed by atoms with van der Waals surface area (Å²) in [7, 11) is 0. The van der Waals surface area contributed by atoms with Gasteiger partial charge in [-0.2, -0.15) is 0 Å². The summed E-state index contributed by atoms with van der Waals surface area (Å²) in [6.07, 6.45) is 0. The number of para-hydroxylation sites is 2. The van der Waals surface area contributed by atoms with Crippen molar-refractivity contribution in [3.8, 4) is 94.7 Å². The highest BCUT2D eigenvalue weighted by atomic mass is 32.1. The number of hydrogen-bond donors (Lipinski definition) is 0. The number of hydrogen-bond acceptors (Lipinski definition) is 5. The third-order valence-electron chi connectivity index (χ3n) is 24.1. The van der Waals surface area contributed by atoms with Crippen molar-refractivity contribution in [2.45, 2.75) is 0 Å². The molecule has 4 aromatic heterocycles. The van der Waals surface area contributed by atoms with Crippen molar-refractivity contribution in [1.29, 1.82) is 0 Å². The zero-order valence-electron chi connectivity index (χ0n) is 62.2. The number of furan rings is 2. The van der Waals surface area contributed by atoms with Gasteiger partial charge in [0.2, 0.25) is 0 Å². The zero-order chi connectivity index (χ0) is 75.3. The third-order valence-corrected chi connectivity index (χ3v) is 25.3. The number of fused-ring (bicyclic) bond motifs is 17. The van der Waals surface area contributed by atoms with Gasteiger partial charge in [-0.3, -0.25) is 0 Å². The lowest BCUT2D eigenvalue weighted by Crippen LogP contribution is -2.61. The first-order valence-corrected chi connectivity index (χ1v) is 40.3. The van der Waals surface area contributed by atoms with Crippen LogP contribution in [0.2, 0.25) is 0 Å². The zero-order valence-corrected chi connectivity index (χ0v) is 63.1. The fourth-order valence-electron chi connectivity index (χ4n) is 19.0. The van der Waals surface area contributed by atoms with Crippen LogP contribution in [-0.2, 0) is 0 Å². The maximum atomic E-state index is 7.26. The molecule has 0 radical (unpaired) electrons. The number of benzene rings is 18. The molecule has 5 nitrogen and oxygen atoms in total. The molecule has 6 heterocycles. The summed E-state index contributed by atoms with van der Waals surface area (Å²) in [4.78, 5) is 5.29. The predicted octanol–water partition coefficient (Wildman–Crippen LogP) is 28.4. The molecule has 0 aliphatic carbocycles. The van der Waals surface area contributed by atoms with E-state index in [0.29, 0.717) is 0 Å². The van der Waals surface area contributed by atoms with Crippen molar-refractivity contribution in [2.75, 3.05) is 9.80 Å².